The van der Waals surface area contributed by atoms with E-state index in [0.717, 1.165) is 37.3 Å². The summed E-state index contributed by atoms with van der Waals surface area (Å²) >= 11 is 0. The normalized spacial score (nSPS) is 16.1. The zero-order chi connectivity index (χ0) is 23.2. The fourth-order valence-corrected chi connectivity index (χ4v) is 4.20. The number of rotatable bonds is 8. The van der Waals surface area contributed by atoms with Crippen LogP contribution < -0.4 is 0 Å². The molecule has 1 atom stereocenters. The monoisotopic (exact) mass is 447 g/mol. The van der Waals surface area contributed by atoms with Crippen LogP contribution >= 0.6 is 0 Å². The quantitative estimate of drug-likeness (QED) is 0.523. The van der Waals surface area contributed by atoms with Crippen LogP contribution in [0.3, 0.4) is 0 Å². The molecule has 1 saturated heterocycles. The van der Waals surface area contributed by atoms with Crippen molar-refractivity contribution >= 4 is 5.91 Å². The summed E-state index contributed by atoms with van der Waals surface area (Å²) in [6, 6.07) is 20.3. The molecular weight excluding hydrogens is 414 g/mol. The number of hydrogen-bond donors (Lipinski definition) is 0. The van der Waals surface area contributed by atoms with Gasteiger partial charge in [-0.2, -0.15) is 4.98 Å². The Morgan fingerprint density at radius 3 is 2.24 bits per heavy atom. The summed E-state index contributed by atoms with van der Waals surface area (Å²) < 4.78 is 5.56. The highest BCUT2D eigenvalue weighted by Gasteiger charge is 2.28. The molecule has 1 fully saturated rings. The molecule has 0 N–H and O–H groups in total. The topological polar surface area (TPSA) is 65.7 Å². The van der Waals surface area contributed by atoms with Gasteiger partial charge in [0.05, 0.1) is 12.6 Å². The maximum Gasteiger partial charge on any atom is 0.244 e. The summed E-state index contributed by atoms with van der Waals surface area (Å²) in [6.45, 7) is 10.8. The van der Waals surface area contributed by atoms with Crippen LogP contribution in [0.4, 0.5) is 0 Å². The standard InChI is InChI=1S/C26H33N5O2/c1-20(2)31(18-22-10-6-4-7-11-22)24(32)19-29-14-16-30(17-15-29)21(3)26-27-25(28-33-26)23-12-8-5-9-13-23/h4-13,20-21H,14-19H2,1-3H3. The molecule has 0 aliphatic carbocycles. The lowest BCUT2D eigenvalue weighted by atomic mass is 10.1. The zero-order valence-electron chi connectivity index (χ0n) is 19.7. The van der Waals surface area contributed by atoms with Crippen molar-refractivity contribution in [1.29, 1.82) is 0 Å². The number of carbonyl (C=O) groups is 1. The van der Waals surface area contributed by atoms with Gasteiger partial charge in [0.15, 0.2) is 0 Å². The molecule has 3 aromatic rings. The van der Waals surface area contributed by atoms with Gasteiger partial charge >= 0.3 is 0 Å². The van der Waals surface area contributed by atoms with Gasteiger partial charge in [-0.05, 0) is 26.3 Å². The van der Waals surface area contributed by atoms with Gasteiger partial charge in [-0.15, -0.1) is 0 Å². The van der Waals surface area contributed by atoms with Gasteiger partial charge in [-0.1, -0.05) is 65.8 Å². The maximum atomic E-state index is 13.1. The summed E-state index contributed by atoms with van der Waals surface area (Å²) in [5.41, 5.74) is 2.11. The van der Waals surface area contributed by atoms with Crippen molar-refractivity contribution in [3.63, 3.8) is 0 Å². The smallest absolute Gasteiger partial charge is 0.244 e. The minimum Gasteiger partial charge on any atom is -0.337 e. The van der Waals surface area contributed by atoms with Crippen LogP contribution in [0, 0.1) is 0 Å². The van der Waals surface area contributed by atoms with Gasteiger partial charge in [0.1, 0.15) is 0 Å². The first kappa shape index (κ1) is 23.1. The van der Waals surface area contributed by atoms with E-state index in [0.29, 0.717) is 24.8 Å². The van der Waals surface area contributed by atoms with E-state index in [1.807, 2.05) is 53.4 Å². The lowest BCUT2D eigenvalue weighted by Crippen LogP contribution is -2.51. The Balaban J connectivity index is 1.30. The molecular formula is C26H33N5O2. The van der Waals surface area contributed by atoms with Crippen molar-refractivity contribution in [1.82, 2.24) is 24.8 Å². The number of carbonyl (C=O) groups excluding carboxylic acids is 1. The van der Waals surface area contributed by atoms with E-state index in [4.69, 9.17) is 4.52 Å². The molecule has 1 unspecified atom stereocenters. The van der Waals surface area contributed by atoms with Gasteiger partial charge in [0.2, 0.25) is 17.6 Å². The number of hydrogen-bond acceptors (Lipinski definition) is 6. The molecule has 7 nitrogen and oxygen atoms in total. The molecule has 1 amide bonds. The first-order valence-electron chi connectivity index (χ1n) is 11.7. The Labute approximate surface area is 196 Å². The lowest BCUT2D eigenvalue weighted by molar-refractivity contribution is -0.135. The van der Waals surface area contributed by atoms with Gasteiger partial charge < -0.3 is 9.42 Å². The molecule has 0 spiro atoms. The Kier molecular flexibility index (Phi) is 7.52. The molecule has 1 aliphatic rings. The highest BCUT2D eigenvalue weighted by molar-refractivity contribution is 5.78. The van der Waals surface area contributed by atoms with E-state index in [9.17, 15) is 4.79 Å². The third-order valence-corrected chi connectivity index (χ3v) is 6.28. The van der Waals surface area contributed by atoms with E-state index >= 15 is 0 Å². The molecule has 0 radical (unpaired) electrons. The van der Waals surface area contributed by atoms with E-state index in [1.165, 1.54) is 0 Å². The average Bonchev–Trinajstić information content (AvgIpc) is 3.34. The lowest BCUT2D eigenvalue weighted by Gasteiger charge is -2.37. The van der Waals surface area contributed by atoms with E-state index in [2.05, 4.69) is 52.8 Å². The van der Waals surface area contributed by atoms with Crippen LogP contribution in [0.5, 0.6) is 0 Å². The fraction of sp³-hybridized carbons (Fsp3) is 0.423. The fourth-order valence-electron chi connectivity index (χ4n) is 4.20. The second kappa shape index (κ2) is 10.7. The van der Waals surface area contributed by atoms with Crippen LogP contribution in [0.25, 0.3) is 11.4 Å². The SMILES string of the molecule is CC(c1nc(-c2ccccc2)no1)N1CCN(CC(=O)N(Cc2ccccc2)C(C)C)CC1. The van der Waals surface area contributed by atoms with Crippen LogP contribution in [-0.2, 0) is 11.3 Å². The summed E-state index contributed by atoms with van der Waals surface area (Å²) in [6.07, 6.45) is 0. The molecule has 33 heavy (non-hydrogen) atoms. The Hall–Kier alpha value is -3.03. The van der Waals surface area contributed by atoms with Crippen molar-refractivity contribution in [2.75, 3.05) is 32.7 Å². The number of aromatic nitrogens is 2. The third-order valence-electron chi connectivity index (χ3n) is 6.28. The van der Waals surface area contributed by atoms with Crippen LogP contribution in [0.2, 0.25) is 0 Å². The highest BCUT2D eigenvalue weighted by Crippen LogP contribution is 2.23. The van der Waals surface area contributed by atoms with Crippen LogP contribution in [0.1, 0.15) is 38.3 Å². The van der Waals surface area contributed by atoms with E-state index in [1.54, 1.807) is 0 Å². The highest BCUT2D eigenvalue weighted by atomic mass is 16.5. The summed E-state index contributed by atoms with van der Waals surface area (Å²) in [4.78, 5) is 24.2. The number of nitrogens with zero attached hydrogens (tertiary/aromatic N) is 5. The Bertz CT molecular complexity index is 1010. The van der Waals surface area contributed by atoms with Gasteiger partial charge in [0, 0.05) is 44.3 Å². The minimum atomic E-state index is 0.0399. The molecule has 174 valence electrons. The number of piperazine rings is 1. The largest absolute Gasteiger partial charge is 0.337 e. The number of benzene rings is 2. The second-order valence-electron chi connectivity index (χ2n) is 8.91. The average molecular weight is 448 g/mol. The summed E-state index contributed by atoms with van der Waals surface area (Å²) in [5.74, 6) is 1.43. The third kappa shape index (κ3) is 5.86. The summed E-state index contributed by atoms with van der Waals surface area (Å²) in [5, 5.41) is 4.15. The predicted molar refractivity (Wildman–Crippen MR) is 128 cm³/mol. The van der Waals surface area contributed by atoms with Crippen molar-refractivity contribution in [2.24, 2.45) is 0 Å². The molecule has 0 bridgehead atoms. The van der Waals surface area contributed by atoms with Crippen molar-refractivity contribution < 1.29 is 9.32 Å². The van der Waals surface area contributed by atoms with Gasteiger partial charge in [0.25, 0.3) is 0 Å². The van der Waals surface area contributed by atoms with Crippen molar-refractivity contribution in [3.8, 4) is 11.4 Å². The summed E-state index contributed by atoms with van der Waals surface area (Å²) in [7, 11) is 0. The van der Waals surface area contributed by atoms with Gasteiger partial charge in [-0.3, -0.25) is 14.6 Å². The molecule has 2 aromatic carbocycles. The van der Waals surface area contributed by atoms with E-state index < -0.39 is 0 Å². The first-order valence-corrected chi connectivity index (χ1v) is 11.7. The van der Waals surface area contributed by atoms with Crippen LogP contribution in [0.15, 0.2) is 65.2 Å². The first-order chi connectivity index (χ1) is 16.0. The molecule has 4 rings (SSSR count). The van der Waals surface area contributed by atoms with Gasteiger partial charge in [-0.25, -0.2) is 0 Å². The molecule has 7 heteroatoms. The van der Waals surface area contributed by atoms with Crippen molar-refractivity contribution in [3.05, 3.63) is 72.1 Å². The predicted octanol–water partition coefficient (Wildman–Crippen LogP) is 3.85. The molecule has 1 aliphatic heterocycles. The molecule has 0 saturated carbocycles. The van der Waals surface area contributed by atoms with Crippen LogP contribution in [-0.4, -0.2) is 69.5 Å². The minimum absolute atomic E-state index is 0.0399. The second-order valence-corrected chi connectivity index (χ2v) is 8.91. The Morgan fingerprint density at radius 1 is 0.970 bits per heavy atom. The van der Waals surface area contributed by atoms with E-state index in [-0.39, 0.29) is 18.0 Å². The molecule has 2 heterocycles. The number of amides is 1. The Morgan fingerprint density at radius 2 is 1.61 bits per heavy atom. The molecule has 1 aromatic heterocycles. The maximum absolute atomic E-state index is 13.1. The zero-order valence-corrected chi connectivity index (χ0v) is 19.7. The van der Waals surface area contributed by atoms with Crippen molar-refractivity contribution in [2.45, 2.75) is 39.4 Å².